The Morgan fingerprint density at radius 1 is 1.28 bits per heavy atom. The van der Waals surface area contributed by atoms with Crippen molar-refractivity contribution in [1.82, 2.24) is 14.5 Å². The quantitative estimate of drug-likeness (QED) is 0.759. The van der Waals surface area contributed by atoms with Gasteiger partial charge in [-0.1, -0.05) is 0 Å². The van der Waals surface area contributed by atoms with E-state index in [4.69, 9.17) is 11.5 Å². The predicted octanol–water partition coefficient (Wildman–Crippen LogP) is 0.886. The maximum absolute atomic E-state index is 13.1. The zero-order valence-electron chi connectivity index (χ0n) is 13.4. The Morgan fingerprint density at radius 2 is 1.96 bits per heavy atom. The van der Waals surface area contributed by atoms with Gasteiger partial charge >= 0.3 is 0 Å². The summed E-state index contributed by atoms with van der Waals surface area (Å²) in [5, 5.41) is 9.75. The first kappa shape index (κ1) is 16.7. The van der Waals surface area contributed by atoms with Crippen molar-refractivity contribution >= 4 is 17.6 Å². The first-order valence-electron chi connectivity index (χ1n) is 7.78. The lowest BCUT2D eigenvalue weighted by molar-refractivity contribution is 0.0692. The van der Waals surface area contributed by atoms with Crippen molar-refractivity contribution in [1.29, 1.82) is 0 Å². The number of nitrogens with two attached hydrogens (primary N) is 2. The molecule has 8 nitrogen and oxygen atoms in total. The van der Waals surface area contributed by atoms with E-state index in [0.717, 1.165) is 12.1 Å². The van der Waals surface area contributed by atoms with Crippen LogP contribution in [0.15, 0.2) is 24.5 Å². The fraction of sp³-hybridized carbons (Fsp3) is 0.312. The molecule has 25 heavy (non-hydrogen) atoms. The van der Waals surface area contributed by atoms with E-state index in [9.17, 15) is 19.1 Å². The minimum Gasteiger partial charge on any atom is -0.507 e. The number of amides is 2. The molecule has 0 radical (unpaired) electrons. The minimum atomic E-state index is -0.685. The number of rotatable bonds is 3. The van der Waals surface area contributed by atoms with Crippen LogP contribution in [0.2, 0.25) is 0 Å². The highest BCUT2D eigenvalue weighted by Crippen LogP contribution is 2.28. The Morgan fingerprint density at radius 3 is 2.52 bits per heavy atom. The molecule has 0 spiro atoms. The van der Waals surface area contributed by atoms with Gasteiger partial charge in [0.2, 0.25) is 0 Å². The molecule has 0 aliphatic carbocycles. The molecule has 132 valence electrons. The van der Waals surface area contributed by atoms with Crippen LogP contribution in [-0.2, 0) is 0 Å². The van der Waals surface area contributed by atoms with Gasteiger partial charge in [-0.3, -0.25) is 9.59 Å². The van der Waals surface area contributed by atoms with Crippen LogP contribution in [0.25, 0.3) is 0 Å². The Bertz CT molecular complexity index is 827. The average molecular weight is 347 g/mol. The molecule has 0 bridgehead atoms. The molecule has 2 heterocycles. The Balaban J connectivity index is 1.69. The molecule has 1 aliphatic rings. The van der Waals surface area contributed by atoms with Crippen LogP contribution >= 0.6 is 0 Å². The molecule has 0 atom stereocenters. The number of hydrogen-bond acceptors (Lipinski definition) is 5. The number of imidazole rings is 1. The topological polar surface area (TPSA) is 127 Å². The Kier molecular flexibility index (Phi) is 4.30. The molecule has 1 aromatic carbocycles. The second kappa shape index (κ2) is 6.42. The SMILES string of the molecule is NC(=O)c1ncn(C2CCN(C(=O)c3ccc(F)cc3O)CC2)c1N. The highest BCUT2D eigenvalue weighted by molar-refractivity contribution is 5.97. The molecule has 5 N–H and O–H groups in total. The van der Waals surface area contributed by atoms with E-state index < -0.39 is 11.7 Å². The van der Waals surface area contributed by atoms with Gasteiger partial charge in [0.15, 0.2) is 5.69 Å². The molecular weight excluding hydrogens is 329 g/mol. The van der Waals surface area contributed by atoms with Crippen LogP contribution in [0.5, 0.6) is 5.75 Å². The molecular formula is C16H18FN5O3. The van der Waals surface area contributed by atoms with Crippen molar-refractivity contribution in [2.75, 3.05) is 18.8 Å². The number of piperidine rings is 1. The van der Waals surface area contributed by atoms with Crippen LogP contribution in [-0.4, -0.2) is 44.5 Å². The first-order chi connectivity index (χ1) is 11.9. The van der Waals surface area contributed by atoms with Crippen molar-refractivity contribution in [3.05, 3.63) is 41.6 Å². The molecule has 1 aromatic heterocycles. The van der Waals surface area contributed by atoms with Gasteiger partial charge < -0.3 is 26.0 Å². The molecule has 3 rings (SSSR count). The van der Waals surface area contributed by atoms with Gasteiger partial charge in [0, 0.05) is 25.2 Å². The molecule has 0 saturated carbocycles. The third-order valence-corrected chi connectivity index (χ3v) is 4.40. The number of hydrogen-bond donors (Lipinski definition) is 3. The smallest absolute Gasteiger partial charge is 0.271 e. The monoisotopic (exact) mass is 347 g/mol. The number of phenols is 1. The lowest BCUT2D eigenvalue weighted by atomic mass is 10.0. The van der Waals surface area contributed by atoms with E-state index in [2.05, 4.69) is 4.98 Å². The normalized spacial score (nSPS) is 15.3. The van der Waals surface area contributed by atoms with Crippen LogP contribution < -0.4 is 11.5 Å². The van der Waals surface area contributed by atoms with E-state index in [0.29, 0.717) is 25.9 Å². The minimum absolute atomic E-state index is 0.00790. The third-order valence-electron chi connectivity index (χ3n) is 4.40. The number of likely N-dealkylation sites (tertiary alicyclic amines) is 1. The number of carbonyl (C=O) groups excluding carboxylic acids is 2. The number of nitrogen functional groups attached to an aromatic ring is 1. The lowest BCUT2D eigenvalue weighted by Gasteiger charge is -2.33. The van der Waals surface area contributed by atoms with Gasteiger partial charge in [0.1, 0.15) is 17.4 Å². The van der Waals surface area contributed by atoms with Gasteiger partial charge in [0.25, 0.3) is 11.8 Å². The number of phenolic OH excluding ortho intramolecular Hbond substituents is 1. The highest BCUT2D eigenvalue weighted by Gasteiger charge is 2.27. The average Bonchev–Trinajstić information content (AvgIpc) is 2.96. The number of aromatic nitrogens is 2. The van der Waals surface area contributed by atoms with E-state index in [-0.39, 0.29) is 34.8 Å². The number of anilines is 1. The van der Waals surface area contributed by atoms with Crippen molar-refractivity contribution in [2.24, 2.45) is 5.73 Å². The van der Waals surface area contributed by atoms with E-state index in [1.54, 1.807) is 9.47 Å². The number of nitrogens with zero attached hydrogens (tertiary/aromatic N) is 3. The molecule has 2 amide bonds. The molecule has 2 aromatic rings. The predicted molar refractivity (Wildman–Crippen MR) is 87.4 cm³/mol. The van der Waals surface area contributed by atoms with Crippen molar-refractivity contribution in [3.8, 4) is 5.75 Å². The molecule has 1 aliphatic heterocycles. The summed E-state index contributed by atoms with van der Waals surface area (Å²) in [5.41, 5.74) is 11.2. The van der Waals surface area contributed by atoms with Crippen LogP contribution in [0.3, 0.4) is 0 Å². The maximum atomic E-state index is 13.1. The molecule has 9 heteroatoms. The summed E-state index contributed by atoms with van der Waals surface area (Å²) in [4.78, 5) is 29.2. The second-order valence-electron chi connectivity index (χ2n) is 5.93. The third kappa shape index (κ3) is 3.12. The van der Waals surface area contributed by atoms with E-state index >= 15 is 0 Å². The molecule has 0 unspecified atom stereocenters. The number of halogens is 1. The summed E-state index contributed by atoms with van der Waals surface area (Å²) < 4.78 is 14.7. The number of primary amides is 1. The van der Waals surface area contributed by atoms with Gasteiger partial charge in [-0.25, -0.2) is 9.37 Å². The Labute approximate surface area is 142 Å². The summed E-state index contributed by atoms with van der Waals surface area (Å²) >= 11 is 0. The summed E-state index contributed by atoms with van der Waals surface area (Å²) in [6, 6.07) is 3.31. The number of aromatic hydroxyl groups is 1. The lowest BCUT2D eigenvalue weighted by Crippen LogP contribution is -2.39. The van der Waals surface area contributed by atoms with Crippen molar-refractivity contribution in [3.63, 3.8) is 0 Å². The highest BCUT2D eigenvalue weighted by atomic mass is 19.1. The summed E-state index contributed by atoms with van der Waals surface area (Å²) in [5.74, 6) is -1.80. The van der Waals surface area contributed by atoms with Crippen LogP contribution in [0, 0.1) is 5.82 Å². The standard InChI is InChI=1S/C16H18FN5O3/c17-9-1-2-11(12(23)7-9)16(25)21-5-3-10(4-6-21)22-8-20-13(14(22)18)15(19)24/h1-2,7-8,10,23H,3-6,18H2,(H2,19,24). The molecule has 1 fully saturated rings. The fourth-order valence-electron chi connectivity index (χ4n) is 3.05. The number of benzene rings is 1. The van der Waals surface area contributed by atoms with Crippen LogP contribution in [0.1, 0.15) is 39.7 Å². The van der Waals surface area contributed by atoms with E-state index in [1.807, 2.05) is 0 Å². The van der Waals surface area contributed by atoms with Crippen molar-refractivity contribution < 1.29 is 19.1 Å². The van der Waals surface area contributed by atoms with Gasteiger partial charge in [-0.05, 0) is 25.0 Å². The van der Waals surface area contributed by atoms with Gasteiger partial charge in [0.05, 0.1) is 11.9 Å². The first-order valence-corrected chi connectivity index (χ1v) is 7.78. The maximum Gasteiger partial charge on any atom is 0.271 e. The zero-order chi connectivity index (χ0) is 18.1. The van der Waals surface area contributed by atoms with Crippen molar-refractivity contribution in [2.45, 2.75) is 18.9 Å². The summed E-state index contributed by atoms with van der Waals surface area (Å²) in [7, 11) is 0. The van der Waals surface area contributed by atoms with E-state index in [1.165, 1.54) is 12.4 Å². The van der Waals surface area contributed by atoms with Gasteiger partial charge in [-0.2, -0.15) is 0 Å². The van der Waals surface area contributed by atoms with Gasteiger partial charge in [-0.15, -0.1) is 0 Å². The fourth-order valence-corrected chi connectivity index (χ4v) is 3.05. The number of carbonyl (C=O) groups is 2. The zero-order valence-corrected chi connectivity index (χ0v) is 13.4. The van der Waals surface area contributed by atoms with Crippen LogP contribution in [0.4, 0.5) is 10.2 Å². The Hall–Kier alpha value is -3.10. The summed E-state index contributed by atoms with van der Waals surface area (Å²) in [6.07, 6.45) is 2.68. The summed E-state index contributed by atoms with van der Waals surface area (Å²) in [6.45, 7) is 0.869. The second-order valence-corrected chi connectivity index (χ2v) is 5.93. The molecule has 1 saturated heterocycles. The largest absolute Gasteiger partial charge is 0.507 e.